The van der Waals surface area contributed by atoms with E-state index in [2.05, 4.69) is 41.0 Å². The highest BCUT2D eigenvalue weighted by molar-refractivity contribution is 5.77. The molecule has 140 valence electrons. The summed E-state index contributed by atoms with van der Waals surface area (Å²) in [6.45, 7) is 6.32. The molecule has 0 spiro atoms. The van der Waals surface area contributed by atoms with Gasteiger partial charge in [-0.05, 0) is 31.4 Å². The van der Waals surface area contributed by atoms with Crippen LogP contribution >= 0.6 is 0 Å². The van der Waals surface area contributed by atoms with Gasteiger partial charge in [0.15, 0.2) is 0 Å². The number of nitrogens with zero attached hydrogens (tertiary/aromatic N) is 2. The summed E-state index contributed by atoms with van der Waals surface area (Å²) in [7, 11) is 1.62. The predicted molar refractivity (Wildman–Crippen MR) is 101 cm³/mol. The molecule has 25 heavy (non-hydrogen) atoms. The second-order valence-corrected chi connectivity index (χ2v) is 6.90. The number of carbonyl (C=O) groups is 1. The lowest BCUT2D eigenvalue weighted by atomic mass is 10.0. The molecular weight excluding hydrogens is 314 g/mol. The van der Waals surface area contributed by atoms with Crippen LogP contribution in [0.4, 0.5) is 0 Å². The maximum Gasteiger partial charge on any atom is 0.225 e. The van der Waals surface area contributed by atoms with E-state index in [-0.39, 0.29) is 12.0 Å². The Morgan fingerprint density at radius 2 is 2.16 bits per heavy atom. The minimum atomic E-state index is -0.184. The Kier molecular flexibility index (Phi) is 8.38. The van der Waals surface area contributed by atoms with Gasteiger partial charge in [0.25, 0.3) is 0 Å². The van der Waals surface area contributed by atoms with E-state index in [0.29, 0.717) is 19.0 Å². The fourth-order valence-electron chi connectivity index (χ4n) is 3.60. The van der Waals surface area contributed by atoms with Crippen LogP contribution < -0.4 is 5.73 Å². The van der Waals surface area contributed by atoms with E-state index < -0.39 is 0 Å². The number of carbonyl (C=O) groups excluding carboxylic acids is 1. The van der Waals surface area contributed by atoms with Crippen molar-refractivity contribution < 1.29 is 9.53 Å². The number of nitrogens with two attached hydrogens (primary N) is 1. The van der Waals surface area contributed by atoms with Crippen LogP contribution in [0.2, 0.25) is 0 Å². The molecule has 0 aromatic heterocycles. The number of amides is 1. The summed E-state index contributed by atoms with van der Waals surface area (Å²) in [4.78, 5) is 17.3. The third kappa shape index (κ3) is 6.10. The van der Waals surface area contributed by atoms with Crippen molar-refractivity contribution in [2.75, 3.05) is 33.3 Å². The summed E-state index contributed by atoms with van der Waals surface area (Å²) in [6.07, 6.45) is 3.38. The lowest BCUT2D eigenvalue weighted by Crippen LogP contribution is -2.51. The summed E-state index contributed by atoms with van der Waals surface area (Å²) in [5.41, 5.74) is 7.02. The van der Waals surface area contributed by atoms with Gasteiger partial charge < -0.3 is 15.4 Å². The average molecular weight is 348 g/mol. The van der Waals surface area contributed by atoms with Crippen LogP contribution in [-0.2, 0) is 16.1 Å². The van der Waals surface area contributed by atoms with Crippen LogP contribution in [0, 0.1) is 0 Å². The molecule has 1 aromatic carbocycles. The van der Waals surface area contributed by atoms with Crippen molar-refractivity contribution in [3.05, 3.63) is 35.9 Å². The molecule has 0 bridgehead atoms. The summed E-state index contributed by atoms with van der Waals surface area (Å²) in [6, 6.07) is 10.8. The molecule has 0 aliphatic carbocycles. The van der Waals surface area contributed by atoms with Crippen LogP contribution in [-0.4, -0.2) is 61.1 Å². The molecule has 0 radical (unpaired) electrons. The molecule has 2 N–H and O–H groups in total. The Labute approximate surface area is 152 Å². The Morgan fingerprint density at radius 3 is 2.80 bits per heavy atom. The number of likely N-dealkylation sites (tertiary alicyclic amines) is 1. The largest absolute Gasteiger partial charge is 0.380 e. The van der Waals surface area contributed by atoms with Crippen molar-refractivity contribution >= 4 is 5.91 Å². The number of hydrogen-bond acceptors (Lipinski definition) is 4. The molecular formula is C20H33N3O2. The quantitative estimate of drug-likeness (QED) is 0.744. The lowest BCUT2D eigenvalue weighted by molar-refractivity contribution is -0.137. The molecule has 1 aliphatic heterocycles. The maximum absolute atomic E-state index is 12.8. The van der Waals surface area contributed by atoms with Gasteiger partial charge in [0, 0.05) is 39.3 Å². The topological polar surface area (TPSA) is 58.8 Å². The fraction of sp³-hybridized carbons (Fsp3) is 0.650. The van der Waals surface area contributed by atoms with Gasteiger partial charge in [0.1, 0.15) is 0 Å². The Hall–Kier alpha value is -1.43. The molecule has 5 heteroatoms. The van der Waals surface area contributed by atoms with E-state index in [0.717, 1.165) is 45.4 Å². The van der Waals surface area contributed by atoms with Crippen LogP contribution in [0.1, 0.15) is 38.2 Å². The van der Waals surface area contributed by atoms with Gasteiger partial charge in [0.05, 0.1) is 12.5 Å². The minimum Gasteiger partial charge on any atom is -0.380 e. The summed E-state index contributed by atoms with van der Waals surface area (Å²) >= 11 is 0. The van der Waals surface area contributed by atoms with E-state index >= 15 is 0 Å². The summed E-state index contributed by atoms with van der Waals surface area (Å²) < 4.78 is 5.30. The standard InChI is InChI=1S/C20H33N3O2/c1-3-11-23(20(24)13-19(14-21)25-2)18-10-7-12-22(16-18)15-17-8-5-4-6-9-17/h4-6,8-9,18-19H,3,7,10-16,21H2,1-2H3. The van der Waals surface area contributed by atoms with E-state index in [1.165, 1.54) is 5.56 Å². The highest BCUT2D eigenvalue weighted by atomic mass is 16.5. The first-order valence-corrected chi connectivity index (χ1v) is 9.46. The van der Waals surface area contributed by atoms with Crippen molar-refractivity contribution in [1.29, 1.82) is 0 Å². The monoisotopic (exact) mass is 347 g/mol. The van der Waals surface area contributed by atoms with Crippen molar-refractivity contribution in [3.63, 3.8) is 0 Å². The Morgan fingerprint density at radius 1 is 1.40 bits per heavy atom. The molecule has 1 saturated heterocycles. The number of methoxy groups -OCH3 is 1. The number of hydrogen-bond donors (Lipinski definition) is 1. The van der Waals surface area contributed by atoms with Gasteiger partial charge in [-0.3, -0.25) is 9.69 Å². The van der Waals surface area contributed by atoms with Crippen molar-refractivity contribution in [1.82, 2.24) is 9.80 Å². The van der Waals surface area contributed by atoms with Crippen LogP contribution in [0.5, 0.6) is 0 Å². The second-order valence-electron chi connectivity index (χ2n) is 6.90. The van der Waals surface area contributed by atoms with E-state index in [1.807, 2.05) is 6.07 Å². The predicted octanol–water partition coefficient (Wildman–Crippen LogP) is 2.25. The summed E-state index contributed by atoms with van der Waals surface area (Å²) in [5.74, 6) is 0.172. The lowest BCUT2D eigenvalue weighted by Gasteiger charge is -2.40. The van der Waals surface area contributed by atoms with E-state index in [1.54, 1.807) is 7.11 Å². The maximum atomic E-state index is 12.8. The molecule has 1 aliphatic rings. The third-order valence-electron chi connectivity index (χ3n) is 4.95. The van der Waals surface area contributed by atoms with Gasteiger partial charge >= 0.3 is 0 Å². The first-order valence-electron chi connectivity index (χ1n) is 9.46. The molecule has 1 amide bonds. The van der Waals surface area contributed by atoms with Crippen LogP contribution in [0.3, 0.4) is 0 Å². The van der Waals surface area contributed by atoms with Crippen molar-refractivity contribution in [3.8, 4) is 0 Å². The zero-order valence-corrected chi connectivity index (χ0v) is 15.7. The SMILES string of the molecule is CCCN(C(=O)CC(CN)OC)C1CCCN(Cc2ccccc2)C1. The van der Waals surface area contributed by atoms with Crippen LogP contribution in [0.25, 0.3) is 0 Å². The Bertz CT molecular complexity index is 505. The Balaban J connectivity index is 1.98. The number of piperidine rings is 1. The number of rotatable bonds is 9. The molecule has 0 saturated carbocycles. The van der Waals surface area contributed by atoms with Gasteiger partial charge in [-0.15, -0.1) is 0 Å². The van der Waals surface area contributed by atoms with Crippen molar-refractivity contribution in [2.24, 2.45) is 5.73 Å². The van der Waals surface area contributed by atoms with Gasteiger partial charge in [-0.1, -0.05) is 37.3 Å². The number of ether oxygens (including phenoxy) is 1. The van der Waals surface area contributed by atoms with Gasteiger partial charge in [0.2, 0.25) is 5.91 Å². The van der Waals surface area contributed by atoms with E-state index in [9.17, 15) is 4.79 Å². The zero-order valence-electron chi connectivity index (χ0n) is 15.7. The summed E-state index contributed by atoms with van der Waals surface area (Å²) in [5, 5.41) is 0. The molecule has 2 rings (SSSR count). The first kappa shape index (κ1) is 19.9. The molecule has 1 fully saturated rings. The highest BCUT2D eigenvalue weighted by Crippen LogP contribution is 2.20. The molecule has 1 heterocycles. The normalized spacial score (nSPS) is 19.6. The average Bonchev–Trinajstić information content (AvgIpc) is 2.65. The fourth-order valence-corrected chi connectivity index (χ4v) is 3.60. The van der Waals surface area contributed by atoms with Crippen LogP contribution in [0.15, 0.2) is 30.3 Å². The van der Waals surface area contributed by atoms with Crippen molar-refractivity contribution in [2.45, 2.75) is 51.3 Å². The highest BCUT2D eigenvalue weighted by Gasteiger charge is 2.29. The smallest absolute Gasteiger partial charge is 0.225 e. The molecule has 2 unspecified atom stereocenters. The zero-order chi connectivity index (χ0) is 18.1. The van der Waals surface area contributed by atoms with Gasteiger partial charge in [-0.2, -0.15) is 0 Å². The molecule has 1 aromatic rings. The molecule has 2 atom stereocenters. The third-order valence-corrected chi connectivity index (χ3v) is 4.95. The van der Waals surface area contributed by atoms with E-state index in [4.69, 9.17) is 10.5 Å². The van der Waals surface area contributed by atoms with Gasteiger partial charge in [-0.25, -0.2) is 0 Å². The molecule has 5 nitrogen and oxygen atoms in total. The first-order chi connectivity index (χ1) is 12.2. The second kappa shape index (κ2) is 10.5. The number of benzene rings is 1. The minimum absolute atomic E-state index is 0.172.